The summed E-state index contributed by atoms with van der Waals surface area (Å²) < 4.78 is 0. The third kappa shape index (κ3) is 21.4. The van der Waals surface area contributed by atoms with Crippen molar-refractivity contribution in [1.82, 2.24) is 0 Å². The number of halogens is 4. The Kier molecular flexibility index (Phi) is 31.3. The van der Waals surface area contributed by atoms with E-state index in [9.17, 15) is 0 Å². The molecule has 4 aromatic carbocycles. The fourth-order valence-electron chi connectivity index (χ4n) is 2.47. The van der Waals surface area contributed by atoms with Crippen LogP contribution in [-0.4, -0.2) is 23.3 Å². The molecule has 0 aliphatic heterocycles. The summed E-state index contributed by atoms with van der Waals surface area (Å²) >= 11 is 0. The Balaban J connectivity index is -0.000000135. The van der Waals surface area contributed by atoms with Crippen LogP contribution in [0.4, 0.5) is 0 Å². The normalized spacial score (nSPS) is 7.80. The van der Waals surface area contributed by atoms with Crippen LogP contribution in [0.25, 0.3) is 0 Å². The van der Waals surface area contributed by atoms with Crippen LogP contribution in [0, 0.1) is 21.6 Å². The summed E-state index contributed by atoms with van der Waals surface area (Å²) in [7, 11) is 0. The lowest BCUT2D eigenvalue weighted by atomic mass is 10.2. The maximum absolute atomic E-state index is 7.01. The Morgan fingerprint density at radius 2 is 0.439 bits per heavy atom. The van der Waals surface area contributed by atoms with Gasteiger partial charge in [0.05, 0.1) is 0 Å². The predicted molar refractivity (Wildman–Crippen MR) is 186 cm³/mol. The highest BCUT2D eigenvalue weighted by molar-refractivity contribution is 5.96. The minimum absolute atomic E-state index is 0. The lowest BCUT2D eigenvalue weighted by Crippen LogP contribution is -2.10. The van der Waals surface area contributed by atoms with Crippen molar-refractivity contribution in [3.05, 3.63) is 144 Å². The van der Waals surface area contributed by atoms with Crippen molar-refractivity contribution >= 4 is 73.0 Å². The van der Waals surface area contributed by atoms with Gasteiger partial charge < -0.3 is 22.9 Å². The zero-order chi connectivity index (χ0) is 26.8. The van der Waals surface area contributed by atoms with Crippen molar-refractivity contribution < 1.29 is 0 Å². The molecular weight excluding hydrogens is 602 g/mol. The first-order chi connectivity index (χ1) is 17.2. The first-order valence-electron chi connectivity index (χ1n) is 10.8. The maximum atomic E-state index is 7.01. The highest BCUT2D eigenvalue weighted by Crippen LogP contribution is 1.97. The van der Waals surface area contributed by atoms with Gasteiger partial charge in [0.1, 0.15) is 23.3 Å². The molecule has 12 heteroatoms. The lowest BCUT2D eigenvalue weighted by Gasteiger charge is -1.93. The van der Waals surface area contributed by atoms with Gasteiger partial charge >= 0.3 is 0 Å². The highest BCUT2D eigenvalue weighted by atomic mass is 35.5. The number of amidine groups is 4. The van der Waals surface area contributed by atoms with Gasteiger partial charge in [0.2, 0.25) is 0 Å². The van der Waals surface area contributed by atoms with E-state index in [1.54, 1.807) is 0 Å². The summed E-state index contributed by atoms with van der Waals surface area (Å²) in [5, 5.41) is 28.1. The molecule has 0 unspecified atom stereocenters. The van der Waals surface area contributed by atoms with E-state index in [4.69, 9.17) is 44.6 Å². The molecule has 4 rings (SSSR count). The standard InChI is InChI=1S/4C7H8N2.CH4.4ClH/c4*8-7(9)6-4-2-1-3-5-6;;;;;/h4*1-5H,(H3,8,9);1H4;4*1H. The average molecular weight is 643 g/mol. The van der Waals surface area contributed by atoms with Gasteiger partial charge in [-0.1, -0.05) is 129 Å². The first kappa shape index (κ1) is 46.8. The molecule has 0 saturated heterocycles. The molecule has 4 aromatic rings. The number of nitrogens with one attached hydrogen (secondary N) is 4. The Morgan fingerprint density at radius 1 is 0.317 bits per heavy atom. The molecule has 224 valence electrons. The van der Waals surface area contributed by atoms with E-state index in [2.05, 4.69) is 0 Å². The van der Waals surface area contributed by atoms with E-state index in [1.807, 2.05) is 121 Å². The van der Waals surface area contributed by atoms with Crippen molar-refractivity contribution in [2.24, 2.45) is 22.9 Å². The summed E-state index contributed by atoms with van der Waals surface area (Å²) in [6.45, 7) is 0. The molecule has 41 heavy (non-hydrogen) atoms. The molecule has 0 amide bonds. The Labute approximate surface area is 267 Å². The van der Waals surface area contributed by atoms with E-state index >= 15 is 0 Å². The second-order valence-electron chi connectivity index (χ2n) is 7.12. The van der Waals surface area contributed by atoms with Crippen LogP contribution in [0.5, 0.6) is 0 Å². The largest absolute Gasteiger partial charge is 0.384 e. The molecule has 0 heterocycles. The maximum Gasteiger partial charge on any atom is 0.122 e. The minimum Gasteiger partial charge on any atom is -0.384 e. The summed E-state index contributed by atoms with van der Waals surface area (Å²) in [5.74, 6) is 0.484. The van der Waals surface area contributed by atoms with Gasteiger partial charge in [0.25, 0.3) is 0 Å². The number of nitrogens with two attached hydrogens (primary N) is 4. The van der Waals surface area contributed by atoms with Gasteiger partial charge in [-0.3, -0.25) is 21.6 Å². The molecule has 0 saturated carbocycles. The third-order valence-electron chi connectivity index (χ3n) is 4.34. The molecule has 0 atom stereocenters. The van der Waals surface area contributed by atoms with Crippen molar-refractivity contribution in [1.29, 1.82) is 21.6 Å². The number of nitrogen functional groups attached to an aromatic ring is 4. The van der Waals surface area contributed by atoms with E-state index in [1.165, 1.54) is 0 Å². The quantitative estimate of drug-likeness (QED) is 0.0968. The van der Waals surface area contributed by atoms with Gasteiger partial charge in [0.15, 0.2) is 0 Å². The summed E-state index contributed by atoms with van der Waals surface area (Å²) in [6, 6.07) is 36.9. The van der Waals surface area contributed by atoms with Crippen LogP contribution < -0.4 is 22.9 Å². The smallest absolute Gasteiger partial charge is 0.122 e. The SMILES string of the molecule is C.Cl.Cl.Cl.Cl.N=C(N)c1ccccc1.N=C(N)c1ccccc1.N=C(N)c1ccccc1.N=C(N)c1ccccc1. The van der Waals surface area contributed by atoms with Crippen LogP contribution in [0.15, 0.2) is 121 Å². The van der Waals surface area contributed by atoms with Gasteiger partial charge in [0, 0.05) is 22.3 Å². The van der Waals surface area contributed by atoms with Gasteiger partial charge in [-0.05, 0) is 0 Å². The second-order valence-corrected chi connectivity index (χ2v) is 7.12. The highest BCUT2D eigenvalue weighted by Gasteiger charge is 1.91. The van der Waals surface area contributed by atoms with Gasteiger partial charge in [-0.2, -0.15) is 0 Å². The van der Waals surface area contributed by atoms with E-state index in [0.29, 0.717) is 0 Å². The van der Waals surface area contributed by atoms with E-state index < -0.39 is 0 Å². The van der Waals surface area contributed by atoms with Crippen molar-refractivity contribution in [2.75, 3.05) is 0 Å². The summed E-state index contributed by atoms with van der Waals surface area (Å²) in [5.41, 5.74) is 23.9. The lowest BCUT2D eigenvalue weighted by molar-refractivity contribution is 1.42. The number of benzene rings is 4. The predicted octanol–water partition coefficient (Wildman–Crippen LogP) is 6.21. The molecule has 0 aliphatic rings. The summed E-state index contributed by atoms with van der Waals surface area (Å²) in [6.07, 6.45) is 0. The van der Waals surface area contributed by atoms with Crippen LogP contribution in [0.3, 0.4) is 0 Å². The van der Waals surface area contributed by atoms with Gasteiger partial charge in [-0.25, -0.2) is 0 Å². The second kappa shape index (κ2) is 27.5. The number of rotatable bonds is 4. The molecule has 12 N–H and O–H groups in total. The monoisotopic (exact) mass is 640 g/mol. The fourth-order valence-corrected chi connectivity index (χ4v) is 2.47. The van der Waals surface area contributed by atoms with Crippen LogP contribution in [0.1, 0.15) is 29.7 Å². The molecule has 8 nitrogen and oxygen atoms in total. The Morgan fingerprint density at radius 3 is 0.512 bits per heavy atom. The molecule has 0 spiro atoms. The average Bonchev–Trinajstić information content (AvgIpc) is 2.92. The molecule has 0 aliphatic carbocycles. The molecular formula is C29H40Cl4N8. The van der Waals surface area contributed by atoms with Crippen molar-refractivity contribution in [2.45, 2.75) is 7.43 Å². The topological polar surface area (TPSA) is 199 Å². The zero-order valence-electron chi connectivity index (χ0n) is 21.5. The van der Waals surface area contributed by atoms with Gasteiger partial charge in [-0.15, -0.1) is 49.6 Å². The zero-order valence-corrected chi connectivity index (χ0v) is 24.8. The Bertz CT molecular complexity index is 1030. The molecule has 0 fully saturated rings. The number of hydrogen-bond donors (Lipinski definition) is 8. The van der Waals surface area contributed by atoms with Crippen LogP contribution >= 0.6 is 49.6 Å². The minimum atomic E-state index is 0. The van der Waals surface area contributed by atoms with Crippen LogP contribution in [0.2, 0.25) is 0 Å². The first-order valence-corrected chi connectivity index (χ1v) is 10.8. The van der Waals surface area contributed by atoms with Crippen LogP contribution in [-0.2, 0) is 0 Å². The molecule has 0 bridgehead atoms. The molecule has 0 radical (unpaired) electrons. The Hall–Kier alpha value is -4.08. The number of hydrogen-bond acceptors (Lipinski definition) is 4. The van der Waals surface area contributed by atoms with E-state index in [-0.39, 0.29) is 80.4 Å². The van der Waals surface area contributed by atoms with E-state index in [0.717, 1.165) is 22.3 Å². The fraction of sp³-hybridized carbons (Fsp3) is 0.0345. The third-order valence-corrected chi connectivity index (χ3v) is 4.34. The summed E-state index contributed by atoms with van der Waals surface area (Å²) in [4.78, 5) is 0. The molecule has 0 aromatic heterocycles. The van der Waals surface area contributed by atoms with Crippen molar-refractivity contribution in [3.63, 3.8) is 0 Å². The van der Waals surface area contributed by atoms with Crippen molar-refractivity contribution in [3.8, 4) is 0 Å².